The second-order valence-corrected chi connectivity index (χ2v) is 4.92. The smallest absolute Gasteiger partial charge is 0.309 e. The summed E-state index contributed by atoms with van der Waals surface area (Å²) in [7, 11) is -2.78. The van der Waals surface area contributed by atoms with E-state index < -0.39 is 7.60 Å². The molecule has 0 fully saturated rings. The number of hydrogen-bond acceptors (Lipinski definition) is 3. The molecule has 1 radical (unpaired) electrons. The lowest BCUT2D eigenvalue weighted by Crippen LogP contribution is -2.00. The fraction of sp³-hybridized carbons (Fsp3) is 0.889. The van der Waals surface area contributed by atoms with Gasteiger partial charge in [0.25, 0.3) is 0 Å². The predicted molar refractivity (Wildman–Crippen MR) is 54.9 cm³/mol. The molecule has 0 aromatic rings. The zero-order chi connectivity index (χ0) is 10.2. The molecule has 0 aromatic carbocycles. The summed E-state index contributed by atoms with van der Waals surface area (Å²) in [6.45, 7) is 8.27. The van der Waals surface area contributed by atoms with Crippen LogP contribution in [-0.2, 0) is 13.6 Å². The van der Waals surface area contributed by atoms with Crippen molar-refractivity contribution in [3.8, 4) is 0 Å². The first-order chi connectivity index (χ1) is 6.18. The fourth-order valence-corrected chi connectivity index (χ4v) is 2.77. The van der Waals surface area contributed by atoms with Gasteiger partial charge in [-0.25, -0.2) is 0 Å². The van der Waals surface area contributed by atoms with Crippen LogP contribution >= 0.6 is 7.60 Å². The van der Waals surface area contributed by atoms with Gasteiger partial charge in [-0.3, -0.25) is 4.57 Å². The average molecular weight is 207 g/mol. The molecule has 0 aliphatic rings. The van der Waals surface area contributed by atoms with Gasteiger partial charge in [0.2, 0.25) is 0 Å². The van der Waals surface area contributed by atoms with E-state index in [9.17, 15) is 4.57 Å². The van der Waals surface area contributed by atoms with Gasteiger partial charge in [0, 0.05) is 0 Å². The predicted octanol–water partition coefficient (Wildman–Crippen LogP) is 3.26. The first-order valence-corrected chi connectivity index (χ1v) is 6.58. The van der Waals surface area contributed by atoms with Crippen LogP contribution in [0.5, 0.6) is 0 Å². The molecule has 4 heteroatoms. The van der Waals surface area contributed by atoms with Crippen LogP contribution < -0.4 is 0 Å². The highest BCUT2D eigenvalue weighted by molar-refractivity contribution is 7.53. The van der Waals surface area contributed by atoms with Crippen LogP contribution in [0.2, 0.25) is 0 Å². The topological polar surface area (TPSA) is 35.5 Å². The molecule has 0 aliphatic heterocycles. The average Bonchev–Trinajstić information content (AvgIpc) is 2.05. The zero-order valence-electron chi connectivity index (χ0n) is 8.62. The molecule has 0 amide bonds. The summed E-state index contributed by atoms with van der Waals surface area (Å²) in [5.74, 6) is 0. The van der Waals surface area contributed by atoms with Crippen molar-refractivity contribution in [3.63, 3.8) is 0 Å². The molecule has 0 unspecified atom stereocenters. The van der Waals surface area contributed by atoms with Crippen LogP contribution in [-0.4, -0.2) is 19.4 Å². The van der Waals surface area contributed by atoms with Crippen molar-refractivity contribution in [3.05, 3.63) is 6.92 Å². The van der Waals surface area contributed by atoms with Crippen molar-refractivity contribution >= 4 is 7.60 Å². The Morgan fingerprint density at radius 1 is 1.15 bits per heavy atom. The summed E-state index contributed by atoms with van der Waals surface area (Å²) >= 11 is 0. The Hall–Kier alpha value is 0.150. The van der Waals surface area contributed by atoms with Gasteiger partial charge in [-0.1, -0.05) is 19.8 Å². The second-order valence-electron chi connectivity index (χ2n) is 2.73. The Labute approximate surface area is 81.3 Å². The van der Waals surface area contributed by atoms with Crippen molar-refractivity contribution in [2.45, 2.75) is 33.1 Å². The maximum absolute atomic E-state index is 11.8. The summed E-state index contributed by atoms with van der Waals surface area (Å²) in [4.78, 5) is 0. The zero-order valence-corrected chi connectivity index (χ0v) is 9.52. The summed E-state index contributed by atoms with van der Waals surface area (Å²) < 4.78 is 22.1. The fourth-order valence-electron chi connectivity index (χ4n) is 1.04. The third kappa shape index (κ3) is 6.25. The van der Waals surface area contributed by atoms with Gasteiger partial charge in [-0.15, -0.1) is 0 Å². The van der Waals surface area contributed by atoms with Gasteiger partial charge >= 0.3 is 7.60 Å². The first kappa shape index (κ1) is 13.2. The van der Waals surface area contributed by atoms with E-state index in [2.05, 4.69) is 6.92 Å². The molecule has 0 aliphatic carbocycles. The van der Waals surface area contributed by atoms with Gasteiger partial charge < -0.3 is 9.05 Å². The monoisotopic (exact) mass is 207 g/mol. The van der Waals surface area contributed by atoms with Crippen molar-refractivity contribution in [1.82, 2.24) is 0 Å². The van der Waals surface area contributed by atoms with Gasteiger partial charge in [-0.2, -0.15) is 0 Å². The molecule has 13 heavy (non-hydrogen) atoms. The summed E-state index contributed by atoms with van der Waals surface area (Å²) in [5.41, 5.74) is 0. The largest absolute Gasteiger partial charge is 0.330 e. The molecule has 0 heterocycles. The maximum atomic E-state index is 11.8. The van der Waals surface area contributed by atoms with E-state index in [-0.39, 0.29) is 0 Å². The lowest BCUT2D eigenvalue weighted by molar-refractivity contribution is 0.219. The Morgan fingerprint density at radius 3 is 2.08 bits per heavy atom. The third-order valence-electron chi connectivity index (χ3n) is 1.58. The molecule has 0 rings (SSSR count). The quantitative estimate of drug-likeness (QED) is 0.452. The van der Waals surface area contributed by atoms with Crippen molar-refractivity contribution in [2.24, 2.45) is 0 Å². The molecule has 0 aromatic heterocycles. The molecule has 79 valence electrons. The third-order valence-corrected chi connectivity index (χ3v) is 3.75. The highest BCUT2D eigenvalue weighted by Crippen LogP contribution is 2.48. The number of unbranched alkanes of at least 4 members (excludes halogenated alkanes) is 2. The number of hydrogen-bond donors (Lipinski definition) is 0. The summed E-state index contributed by atoms with van der Waals surface area (Å²) in [6.07, 6.45) is 3.23. The second kappa shape index (κ2) is 7.54. The van der Waals surface area contributed by atoms with Crippen LogP contribution in [0, 0.1) is 6.92 Å². The molecule has 0 bridgehead atoms. The number of rotatable bonds is 8. The molecule has 3 nitrogen and oxygen atoms in total. The van der Waals surface area contributed by atoms with E-state index in [1.807, 2.05) is 13.8 Å². The van der Waals surface area contributed by atoms with Gasteiger partial charge in [0.05, 0.1) is 19.4 Å². The van der Waals surface area contributed by atoms with E-state index in [4.69, 9.17) is 9.05 Å². The normalized spacial score (nSPS) is 11.9. The molecule has 0 saturated carbocycles. The molecule has 0 spiro atoms. The maximum Gasteiger partial charge on any atom is 0.330 e. The van der Waals surface area contributed by atoms with E-state index in [1.165, 1.54) is 0 Å². The van der Waals surface area contributed by atoms with E-state index >= 15 is 0 Å². The van der Waals surface area contributed by atoms with Crippen molar-refractivity contribution < 1.29 is 13.6 Å². The SMILES string of the molecule is [CH2]CCCCP(=O)(OCC)OCC. The minimum absolute atomic E-state index is 0.446. The van der Waals surface area contributed by atoms with Crippen LogP contribution in [0.25, 0.3) is 0 Å². The first-order valence-electron chi connectivity index (χ1n) is 4.86. The Balaban J connectivity index is 3.85. The van der Waals surface area contributed by atoms with E-state index in [1.54, 1.807) is 0 Å². The van der Waals surface area contributed by atoms with E-state index in [0.717, 1.165) is 19.3 Å². The Kier molecular flexibility index (Phi) is 7.63. The minimum atomic E-state index is -2.78. The van der Waals surface area contributed by atoms with Crippen molar-refractivity contribution in [1.29, 1.82) is 0 Å². The molecule has 0 N–H and O–H groups in total. The van der Waals surface area contributed by atoms with Crippen LogP contribution in [0.1, 0.15) is 33.1 Å². The van der Waals surface area contributed by atoms with Gasteiger partial charge in [0.1, 0.15) is 0 Å². The Bertz CT molecular complexity index is 149. The highest BCUT2D eigenvalue weighted by atomic mass is 31.2. The molecule has 0 atom stereocenters. The summed E-state index contributed by atoms with van der Waals surface area (Å²) in [6, 6.07) is 0. The van der Waals surface area contributed by atoms with Gasteiger partial charge in [-0.05, 0) is 20.3 Å². The Morgan fingerprint density at radius 2 is 1.69 bits per heavy atom. The van der Waals surface area contributed by atoms with E-state index in [0.29, 0.717) is 19.4 Å². The van der Waals surface area contributed by atoms with Crippen LogP contribution in [0.15, 0.2) is 0 Å². The van der Waals surface area contributed by atoms with Crippen LogP contribution in [0.3, 0.4) is 0 Å². The molecular formula is C9H20O3P. The minimum Gasteiger partial charge on any atom is -0.309 e. The van der Waals surface area contributed by atoms with Crippen LogP contribution in [0.4, 0.5) is 0 Å². The molecule has 0 saturated heterocycles. The lowest BCUT2D eigenvalue weighted by Gasteiger charge is -2.16. The standard InChI is InChI=1S/C9H20O3P/c1-4-7-8-9-13(10,11-5-2)12-6-3/h1,4-9H2,2-3H3. The van der Waals surface area contributed by atoms with Crippen molar-refractivity contribution in [2.75, 3.05) is 19.4 Å². The lowest BCUT2D eigenvalue weighted by atomic mass is 10.3. The highest BCUT2D eigenvalue weighted by Gasteiger charge is 2.21. The van der Waals surface area contributed by atoms with Gasteiger partial charge in [0.15, 0.2) is 0 Å². The summed E-state index contributed by atoms with van der Waals surface area (Å²) in [5, 5.41) is 0. The molecular weight excluding hydrogens is 187 g/mol.